The van der Waals surface area contributed by atoms with Crippen LogP contribution in [-0.4, -0.2) is 34.6 Å². The van der Waals surface area contributed by atoms with Crippen LogP contribution < -0.4 is 5.32 Å². The van der Waals surface area contributed by atoms with Gasteiger partial charge in [0.2, 0.25) is 11.8 Å². The Morgan fingerprint density at radius 3 is 2.27 bits per heavy atom. The van der Waals surface area contributed by atoms with Gasteiger partial charge in [0, 0.05) is 28.9 Å². The normalized spacial score (nSPS) is 14.6. The minimum atomic E-state index is -0.605. The van der Waals surface area contributed by atoms with Gasteiger partial charge in [-0.2, -0.15) is 0 Å². The Balaban J connectivity index is 1.59. The largest absolute Gasteiger partial charge is 0.352 e. The molecule has 1 aliphatic rings. The lowest BCUT2D eigenvalue weighted by Gasteiger charge is -2.33. The summed E-state index contributed by atoms with van der Waals surface area (Å²) in [5.74, 6) is 0.136. The summed E-state index contributed by atoms with van der Waals surface area (Å²) in [7, 11) is 0. The van der Waals surface area contributed by atoms with Crippen molar-refractivity contribution in [1.29, 1.82) is 0 Å². The predicted molar refractivity (Wildman–Crippen MR) is 153 cm³/mol. The van der Waals surface area contributed by atoms with Gasteiger partial charge in [-0.15, -0.1) is 11.8 Å². The highest BCUT2D eigenvalue weighted by atomic mass is 35.5. The minimum absolute atomic E-state index is 0.0553. The third kappa shape index (κ3) is 8.37. The van der Waals surface area contributed by atoms with Crippen molar-refractivity contribution in [3.63, 3.8) is 0 Å². The molecule has 3 aromatic rings. The lowest BCUT2D eigenvalue weighted by molar-refractivity contribution is -0.139. The summed E-state index contributed by atoms with van der Waals surface area (Å²) in [6.45, 7) is 2.40. The van der Waals surface area contributed by atoms with Gasteiger partial charge in [0.15, 0.2) is 0 Å². The molecular weight excluding hydrogens is 500 g/mol. The first-order chi connectivity index (χ1) is 18.0. The van der Waals surface area contributed by atoms with Crippen molar-refractivity contribution in [3.8, 4) is 0 Å². The highest BCUT2D eigenvalue weighted by Crippen LogP contribution is 2.23. The number of benzene rings is 3. The fraction of sp³-hybridized carbons (Fsp3) is 0.355. The number of rotatable bonds is 10. The number of thioether (sulfide) groups is 1. The number of amides is 2. The van der Waals surface area contributed by atoms with Gasteiger partial charge in [-0.1, -0.05) is 91.0 Å². The van der Waals surface area contributed by atoms with Crippen molar-refractivity contribution in [3.05, 3.63) is 101 Å². The second-order valence-electron chi connectivity index (χ2n) is 9.80. The zero-order valence-electron chi connectivity index (χ0n) is 21.4. The van der Waals surface area contributed by atoms with E-state index < -0.39 is 6.04 Å². The number of carbonyl (C=O) groups is 2. The van der Waals surface area contributed by atoms with Crippen molar-refractivity contribution < 1.29 is 9.59 Å². The third-order valence-corrected chi connectivity index (χ3v) is 8.12. The number of aryl methyl sites for hydroxylation is 1. The Morgan fingerprint density at radius 1 is 0.919 bits per heavy atom. The summed E-state index contributed by atoms with van der Waals surface area (Å²) in [6, 6.07) is 25.2. The molecule has 0 heterocycles. The van der Waals surface area contributed by atoms with E-state index in [0.717, 1.165) is 41.7 Å². The fourth-order valence-corrected chi connectivity index (χ4v) is 5.66. The van der Waals surface area contributed by atoms with Crippen LogP contribution in [0.1, 0.15) is 48.8 Å². The minimum Gasteiger partial charge on any atom is -0.352 e. The molecule has 194 valence electrons. The first-order valence-corrected chi connectivity index (χ1v) is 14.4. The molecule has 1 fully saturated rings. The first kappa shape index (κ1) is 27.3. The van der Waals surface area contributed by atoms with Crippen LogP contribution in [0.4, 0.5) is 0 Å². The molecular formula is C31H35ClN2O2S. The van der Waals surface area contributed by atoms with Gasteiger partial charge < -0.3 is 10.2 Å². The maximum Gasteiger partial charge on any atom is 0.243 e. The molecule has 1 aliphatic carbocycles. The third-order valence-electron chi connectivity index (χ3n) is 6.87. The molecule has 0 bridgehead atoms. The molecule has 4 rings (SSSR count). The molecule has 0 aromatic heterocycles. The highest BCUT2D eigenvalue weighted by Gasteiger charge is 2.31. The lowest BCUT2D eigenvalue weighted by Crippen LogP contribution is -2.53. The van der Waals surface area contributed by atoms with Crippen molar-refractivity contribution in [1.82, 2.24) is 10.2 Å². The monoisotopic (exact) mass is 534 g/mol. The molecule has 4 nitrogen and oxygen atoms in total. The number of halogens is 1. The lowest BCUT2D eigenvalue weighted by atomic mass is 9.94. The molecule has 0 spiro atoms. The Labute approximate surface area is 229 Å². The number of hydrogen-bond donors (Lipinski definition) is 1. The standard InChI is InChI=1S/C31H35ClN2O2S/c1-23-12-18-28(19-13-23)37-22-30(35)34(21-25-14-16-26(32)17-15-25)29(20-24-8-4-2-5-9-24)31(36)33-27-10-6-3-7-11-27/h2,4-5,8-9,12-19,27,29H,3,6-7,10-11,20-22H2,1H3,(H,33,36)/t29-/m1/s1. The van der Waals surface area contributed by atoms with Crippen molar-refractivity contribution >= 4 is 35.2 Å². The van der Waals surface area contributed by atoms with Crippen LogP contribution in [0, 0.1) is 6.92 Å². The topological polar surface area (TPSA) is 49.4 Å². The molecule has 0 aliphatic heterocycles. The number of nitrogens with one attached hydrogen (secondary N) is 1. The highest BCUT2D eigenvalue weighted by molar-refractivity contribution is 8.00. The average molecular weight is 535 g/mol. The smallest absolute Gasteiger partial charge is 0.243 e. The van der Waals surface area contributed by atoms with Crippen LogP contribution in [0.2, 0.25) is 5.02 Å². The summed E-state index contributed by atoms with van der Waals surface area (Å²) in [6.07, 6.45) is 5.95. The molecule has 1 saturated carbocycles. The molecule has 1 N–H and O–H groups in total. The molecule has 6 heteroatoms. The van der Waals surface area contributed by atoms with E-state index in [-0.39, 0.29) is 23.6 Å². The molecule has 37 heavy (non-hydrogen) atoms. The van der Waals surface area contributed by atoms with Crippen molar-refractivity contribution in [2.24, 2.45) is 0 Å². The van der Waals surface area contributed by atoms with E-state index in [1.807, 2.05) is 85.8 Å². The van der Waals surface area contributed by atoms with Crippen LogP contribution in [-0.2, 0) is 22.6 Å². The molecule has 1 atom stereocenters. The van der Waals surface area contributed by atoms with Gasteiger partial charge in [0.05, 0.1) is 5.75 Å². The Hall–Kier alpha value is -2.76. The fourth-order valence-electron chi connectivity index (χ4n) is 4.75. The number of nitrogens with zero attached hydrogens (tertiary/aromatic N) is 1. The Bertz CT molecular complexity index is 1150. The predicted octanol–water partition coefficient (Wildman–Crippen LogP) is 6.83. The van der Waals surface area contributed by atoms with Gasteiger partial charge in [0.1, 0.15) is 6.04 Å². The van der Waals surface area contributed by atoms with Crippen molar-refractivity contribution in [2.45, 2.75) is 69.0 Å². The van der Waals surface area contributed by atoms with Crippen LogP contribution >= 0.6 is 23.4 Å². The van der Waals surface area contributed by atoms with Crippen LogP contribution in [0.25, 0.3) is 0 Å². The molecule has 2 amide bonds. The summed E-state index contributed by atoms with van der Waals surface area (Å²) in [5, 5.41) is 3.93. The first-order valence-electron chi connectivity index (χ1n) is 13.1. The van der Waals surface area contributed by atoms with E-state index >= 15 is 0 Å². The SMILES string of the molecule is Cc1ccc(SCC(=O)N(Cc2ccc(Cl)cc2)[C@H](Cc2ccccc2)C(=O)NC2CCCCC2)cc1. The van der Waals surface area contributed by atoms with Crippen LogP contribution in [0.5, 0.6) is 0 Å². The van der Waals surface area contributed by atoms with E-state index in [9.17, 15) is 9.59 Å². The average Bonchev–Trinajstić information content (AvgIpc) is 2.92. The molecule has 3 aromatic carbocycles. The zero-order valence-corrected chi connectivity index (χ0v) is 22.9. The zero-order chi connectivity index (χ0) is 26.0. The van der Waals surface area contributed by atoms with Crippen LogP contribution in [0.3, 0.4) is 0 Å². The Morgan fingerprint density at radius 2 is 1.59 bits per heavy atom. The summed E-state index contributed by atoms with van der Waals surface area (Å²) in [4.78, 5) is 30.4. The molecule has 0 saturated heterocycles. The summed E-state index contributed by atoms with van der Waals surface area (Å²) >= 11 is 7.63. The van der Waals surface area contributed by atoms with Gasteiger partial charge in [-0.3, -0.25) is 9.59 Å². The van der Waals surface area contributed by atoms with E-state index in [1.54, 1.807) is 4.90 Å². The quantitative estimate of drug-likeness (QED) is 0.290. The van der Waals surface area contributed by atoms with Gasteiger partial charge in [-0.05, 0) is 55.2 Å². The van der Waals surface area contributed by atoms with Gasteiger partial charge in [0.25, 0.3) is 0 Å². The second kappa shape index (κ2) is 13.7. The molecule has 0 radical (unpaired) electrons. The number of hydrogen-bond acceptors (Lipinski definition) is 3. The molecule has 0 unspecified atom stereocenters. The maximum absolute atomic E-state index is 13.8. The maximum atomic E-state index is 13.8. The Kier molecular flexibility index (Phi) is 10.1. The van der Waals surface area contributed by atoms with E-state index in [2.05, 4.69) is 5.32 Å². The van der Waals surface area contributed by atoms with Gasteiger partial charge >= 0.3 is 0 Å². The van der Waals surface area contributed by atoms with Crippen LogP contribution in [0.15, 0.2) is 83.8 Å². The van der Waals surface area contributed by atoms with Crippen molar-refractivity contribution in [2.75, 3.05) is 5.75 Å². The van der Waals surface area contributed by atoms with Gasteiger partial charge in [-0.25, -0.2) is 0 Å². The van der Waals surface area contributed by atoms with E-state index in [1.165, 1.54) is 23.7 Å². The summed E-state index contributed by atoms with van der Waals surface area (Å²) < 4.78 is 0. The second-order valence-corrected chi connectivity index (χ2v) is 11.3. The van der Waals surface area contributed by atoms with E-state index in [4.69, 9.17) is 11.6 Å². The number of carbonyl (C=O) groups excluding carboxylic acids is 2. The van der Waals surface area contributed by atoms with E-state index in [0.29, 0.717) is 18.0 Å². The summed E-state index contributed by atoms with van der Waals surface area (Å²) in [5.41, 5.74) is 3.16.